The van der Waals surface area contributed by atoms with Crippen LogP contribution in [-0.2, 0) is 14.6 Å². The monoisotopic (exact) mass is 274 g/mol. The van der Waals surface area contributed by atoms with Gasteiger partial charge < -0.3 is 5.11 Å². The SMILES string of the molecule is CSc1c(C(C)C(=O)O)cccc1S(C)(=O)=O. The van der Waals surface area contributed by atoms with Crippen LogP contribution in [0.1, 0.15) is 18.4 Å². The molecule has 0 aliphatic heterocycles. The molecule has 0 spiro atoms. The lowest BCUT2D eigenvalue weighted by Crippen LogP contribution is -2.10. The maximum absolute atomic E-state index is 11.6. The number of carboxylic acid groups (broad SMARTS) is 1. The molecule has 1 rings (SSSR count). The number of benzene rings is 1. The Kier molecular flexibility index (Phi) is 4.21. The highest BCUT2D eigenvalue weighted by Gasteiger charge is 2.22. The smallest absolute Gasteiger partial charge is 0.310 e. The van der Waals surface area contributed by atoms with Crippen LogP contribution in [0.3, 0.4) is 0 Å². The highest BCUT2D eigenvalue weighted by Crippen LogP contribution is 2.33. The molecule has 0 heterocycles. The van der Waals surface area contributed by atoms with Crippen molar-refractivity contribution in [1.29, 1.82) is 0 Å². The van der Waals surface area contributed by atoms with E-state index in [0.29, 0.717) is 10.5 Å². The van der Waals surface area contributed by atoms with E-state index in [1.807, 2.05) is 0 Å². The van der Waals surface area contributed by atoms with Gasteiger partial charge in [-0.2, -0.15) is 0 Å². The largest absolute Gasteiger partial charge is 0.481 e. The average molecular weight is 274 g/mol. The van der Waals surface area contributed by atoms with Crippen LogP contribution in [0.2, 0.25) is 0 Å². The van der Waals surface area contributed by atoms with Gasteiger partial charge in [-0.3, -0.25) is 4.79 Å². The van der Waals surface area contributed by atoms with Crippen LogP contribution in [0.15, 0.2) is 28.0 Å². The topological polar surface area (TPSA) is 71.4 Å². The van der Waals surface area contributed by atoms with Crippen LogP contribution >= 0.6 is 11.8 Å². The molecular weight excluding hydrogens is 260 g/mol. The van der Waals surface area contributed by atoms with Crippen molar-refractivity contribution in [1.82, 2.24) is 0 Å². The van der Waals surface area contributed by atoms with Gasteiger partial charge in [-0.1, -0.05) is 12.1 Å². The maximum Gasteiger partial charge on any atom is 0.310 e. The maximum atomic E-state index is 11.6. The zero-order chi connectivity index (χ0) is 13.2. The molecule has 1 aromatic carbocycles. The molecule has 1 atom stereocenters. The molecule has 94 valence electrons. The molecule has 0 aliphatic carbocycles. The van der Waals surface area contributed by atoms with Crippen LogP contribution in [0, 0.1) is 0 Å². The van der Waals surface area contributed by atoms with Gasteiger partial charge in [-0.25, -0.2) is 8.42 Å². The number of carbonyl (C=O) groups is 1. The molecule has 1 aromatic rings. The Bertz CT molecular complexity index is 534. The number of hydrogen-bond donors (Lipinski definition) is 1. The van der Waals surface area contributed by atoms with Crippen molar-refractivity contribution in [3.8, 4) is 0 Å². The molecule has 0 aromatic heterocycles. The summed E-state index contributed by atoms with van der Waals surface area (Å²) in [7, 11) is -3.34. The Balaban J connectivity index is 3.49. The summed E-state index contributed by atoms with van der Waals surface area (Å²) in [4.78, 5) is 11.7. The summed E-state index contributed by atoms with van der Waals surface area (Å²) < 4.78 is 23.2. The second-order valence-electron chi connectivity index (χ2n) is 3.71. The van der Waals surface area contributed by atoms with Gasteiger partial charge in [0.1, 0.15) is 0 Å². The summed E-state index contributed by atoms with van der Waals surface area (Å²) in [5.74, 6) is -1.69. The molecule has 0 fully saturated rings. The number of carboxylic acids is 1. The van der Waals surface area contributed by atoms with E-state index in [2.05, 4.69) is 0 Å². The predicted molar refractivity (Wildman–Crippen MR) is 67.4 cm³/mol. The first-order valence-electron chi connectivity index (χ1n) is 4.88. The molecular formula is C11H14O4S2. The molecule has 0 aliphatic rings. The summed E-state index contributed by atoms with van der Waals surface area (Å²) >= 11 is 1.25. The fourth-order valence-electron chi connectivity index (χ4n) is 1.52. The lowest BCUT2D eigenvalue weighted by molar-refractivity contribution is -0.138. The Morgan fingerprint density at radius 3 is 2.41 bits per heavy atom. The Morgan fingerprint density at radius 2 is 2.00 bits per heavy atom. The van der Waals surface area contributed by atoms with Crippen molar-refractivity contribution < 1.29 is 18.3 Å². The van der Waals surface area contributed by atoms with Crippen LogP contribution in [-0.4, -0.2) is 32.0 Å². The number of hydrogen-bond acceptors (Lipinski definition) is 4. The number of rotatable bonds is 4. The zero-order valence-corrected chi connectivity index (χ0v) is 11.4. The highest BCUT2D eigenvalue weighted by molar-refractivity contribution is 7.99. The second kappa shape index (κ2) is 5.10. The molecule has 0 saturated heterocycles. The molecule has 0 saturated carbocycles. The number of sulfone groups is 1. The minimum absolute atomic E-state index is 0.190. The van der Waals surface area contributed by atoms with E-state index < -0.39 is 21.7 Å². The molecule has 0 bridgehead atoms. The lowest BCUT2D eigenvalue weighted by Gasteiger charge is -2.14. The van der Waals surface area contributed by atoms with Crippen molar-refractivity contribution in [3.63, 3.8) is 0 Å². The molecule has 0 amide bonds. The van der Waals surface area contributed by atoms with E-state index in [-0.39, 0.29) is 4.90 Å². The molecule has 1 unspecified atom stereocenters. The van der Waals surface area contributed by atoms with Gasteiger partial charge in [0.05, 0.1) is 10.8 Å². The van der Waals surface area contributed by atoms with Crippen molar-refractivity contribution >= 4 is 27.6 Å². The predicted octanol–water partition coefficient (Wildman–Crippen LogP) is 2.00. The Hall–Kier alpha value is -1.01. The van der Waals surface area contributed by atoms with Crippen LogP contribution < -0.4 is 0 Å². The minimum Gasteiger partial charge on any atom is -0.481 e. The number of aliphatic carboxylic acids is 1. The highest BCUT2D eigenvalue weighted by atomic mass is 32.2. The fraction of sp³-hybridized carbons (Fsp3) is 0.364. The Labute approximate surface area is 105 Å². The van der Waals surface area contributed by atoms with E-state index in [9.17, 15) is 13.2 Å². The number of thioether (sulfide) groups is 1. The summed E-state index contributed by atoms with van der Waals surface area (Å²) in [6, 6.07) is 4.73. The summed E-state index contributed by atoms with van der Waals surface area (Å²) in [5, 5.41) is 8.99. The van der Waals surface area contributed by atoms with Gasteiger partial charge >= 0.3 is 5.97 Å². The van der Waals surface area contributed by atoms with E-state index >= 15 is 0 Å². The van der Waals surface area contributed by atoms with E-state index in [4.69, 9.17) is 5.11 Å². The van der Waals surface area contributed by atoms with Gasteiger partial charge in [0, 0.05) is 11.2 Å². The third kappa shape index (κ3) is 3.01. The standard InChI is InChI=1S/C11H14O4S2/c1-7(11(12)13)8-5-4-6-9(10(8)16-2)17(3,14)15/h4-7H,1-3H3,(H,12,13). The van der Waals surface area contributed by atoms with Gasteiger partial charge in [-0.15, -0.1) is 11.8 Å². The minimum atomic E-state index is -3.34. The molecule has 0 radical (unpaired) electrons. The zero-order valence-electron chi connectivity index (χ0n) is 9.80. The van der Waals surface area contributed by atoms with Crippen LogP contribution in [0.5, 0.6) is 0 Å². The first-order valence-corrected chi connectivity index (χ1v) is 8.00. The van der Waals surface area contributed by atoms with Crippen LogP contribution in [0.25, 0.3) is 0 Å². The van der Waals surface area contributed by atoms with E-state index in [1.54, 1.807) is 25.3 Å². The molecule has 6 heteroatoms. The van der Waals surface area contributed by atoms with Crippen molar-refractivity contribution in [2.45, 2.75) is 22.6 Å². The van der Waals surface area contributed by atoms with Crippen LogP contribution in [0.4, 0.5) is 0 Å². The quantitative estimate of drug-likeness (QED) is 0.850. The first-order chi connectivity index (χ1) is 7.79. The fourth-order valence-corrected chi connectivity index (χ4v) is 3.75. The summed E-state index contributed by atoms with van der Waals surface area (Å²) in [6.45, 7) is 1.55. The normalized spacial score (nSPS) is 13.4. The lowest BCUT2D eigenvalue weighted by atomic mass is 10.0. The van der Waals surface area contributed by atoms with Gasteiger partial charge in [0.2, 0.25) is 0 Å². The van der Waals surface area contributed by atoms with E-state index in [0.717, 1.165) is 6.26 Å². The molecule has 17 heavy (non-hydrogen) atoms. The van der Waals surface area contributed by atoms with Gasteiger partial charge in [0.25, 0.3) is 0 Å². The third-order valence-corrected chi connectivity index (χ3v) is 4.58. The first kappa shape index (κ1) is 14.1. The third-order valence-electron chi connectivity index (χ3n) is 2.45. The van der Waals surface area contributed by atoms with Gasteiger partial charge in [0.15, 0.2) is 9.84 Å². The van der Waals surface area contributed by atoms with Gasteiger partial charge in [-0.05, 0) is 24.8 Å². The average Bonchev–Trinajstić information content (AvgIpc) is 2.25. The second-order valence-corrected chi connectivity index (χ2v) is 6.51. The van der Waals surface area contributed by atoms with Crippen molar-refractivity contribution in [3.05, 3.63) is 23.8 Å². The van der Waals surface area contributed by atoms with Crippen molar-refractivity contribution in [2.24, 2.45) is 0 Å². The summed E-state index contributed by atoms with van der Waals surface area (Å²) in [6.07, 6.45) is 2.86. The van der Waals surface area contributed by atoms with E-state index in [1.165, 1.54) is 17.8 Å². The Morgan fingerprint density at radius 1 is 1.41 bits per heavy atom. The molecule has 1 N–H and O–H groups in total. The summed E-state index contributed by atoms with van der Waals surface area (Å²) in [5.41, 5.74) is 0.535. The molecule has 4 nitrogen and oxygen atoms in total. The van der Waals surface area contributed by atoms with Crippen molar-refractivity contribution in [2.75, 3.05) is 12.5 Å².